The molecule has 0 bridgehead atoms. The number of rotatable bonds is 15. The lowest BCUT2D eigenvalue weighted by Gasteiger charge is -2.50. The number of amides is 2. The number of anilines is 1. The van der Waals surface area contributed by atoms with E-state index < -0.39 is 64.3 Å². The molecule has 1 saturated heterocycles. The maximum absolute atomic E-state index is 13.2. The first kappa shape index (κ1) is 36.0. The SMILES string of the molecule is Cn1c(-c2ccc(OCC(O/N=C(\C(=O)N[C@@H]3C(=O)N(OS(=O)(=O)O)C3(C)C)c3csc(N)n3)C(=O)O)cc2)cn(CC(O)CN)c1=N. The minimum Gasteiger partial charge on any atom is -0.489 e. The highest BCUT2D eigenvalue weighted by Crippen LogP contribution is 2.33. The van der Waals surface area contributed by atoms with Crippen LogP contribution in [0.2, 0.25) is 0 Å². The Bertz CT molecular complexity index is 1880. The van der Waals surface area contributed by atoms with Gasteiger partial charge in [0.2, 0.25) is 5.62 Å². The number of oxime groups is 1. The number of aliphatic carboxylic acids is 1. The van der Waals surface area contributed by atoms with Crippen molar-refractivity contribution >= 4 is 50.4 Å². The average Bonchev–Trinajstić information content (AvgIpc) is 3.57. The number of ether oxygens (including phenoxy) is 1. The molecule has 1 aromatic carbocycles. The molecule has 3 aromatic rings. The predicted molar refractivity (Wildman–Crippen MR) is 166 cm³/mol. The summed E-state index contributed by atoms with van der Waals surface area (Å²) in [7, 11) is -3.34. The van der Waals surface area contributed by atoms with Gasteiger partial charge in [0.1, 0.15) is 24.1 Å². The summed E-state index contributed by atoms with van der Waals surface area (Å²) in [6.45, 7) is 2.32. The number of hydroxylamine groups is 2. The van der Waals surface area contributed by atoms with Crippen LogP contribution in [0.25, 0.3) is 11.3 Å². The number of nitrogens with zero attached hydrogens (tertiary/aromatic N) is 5. The molecular formula is C26H33N9O11S2. The van der Waals surface area contributed by atoms with E-state index in [4.69, 9.17) is 31.0 Å². The van der Waals surface area contributed by atoms with Gasteiger partial charge in [0.15, 0.2) is 10.8 Å². The average molecular weight is 712 g/mol. The number of β-lactam (4-membered cyclic amide) rings is 1. The molecule has 260 valence electrons. The molecule has 0 radical (unpaired) electrons. The van der Waals surface area contributed by atoms with E-state index in [0.29, 0.717) is 16.3 Å². The Morgan fingerprint density at radius 1 is 1.27 bits per heavy atom. The van der Waals surface area contributed by atoms with Crippen molar-refractivity contribution in [2.75, 3.05) is 18.9 Å². The van der Waals surface area contributed by atoms with Gasteiger partial charge < -0.3 is 45.7 Å². The maximum atomic E-state index is 13.2. The van der Waals surface area contributed by atoms with E-state index in [-0.39, 0.29) is 35.3 Å². The summed E-state index contributed by atoms with van der Waals surface area (Å²) >= 11 is 0.940. The van der Waals surface area contributed by atoms with Gasteiger partial charge in [-0.05, 0) is 43.7 Å². The predicted octanol–water partition coefficient (Wildman–Crippen LogP) is -1.58. The van der Waals surface area contributed by atoms with Gasteiger partial charge in [0, 0.05) is 25.2 Å². The second-order valence-electron chi connectivity index (χ2n) is 10.9. The number of aliphatic hydroxyl groups excluding tert-OH is 1. The first-order valence-corrected chi connectivity index (χ1v) is 16.1. The van der Waals surface area contributed by atoms with Gasteiger partial charge in [-0.1, -0.05) is 5.16 Å². The number of nitrogens with two attached hydrogens (primary N) is 2. The molecule has 1 aliphatic rings. The number of carbonyl (C=O) groups is 3. The van der Waals surface area contributed by atoms with E-state index in [1.807, 2.05) is 0 Å². The van der Waals surface area contributed by atoms with Gasteiger partial charge in [-0.3, -0.25) is 19.6 Å². The number of thiazole rings is 1. The number of nitrogen functional groups attached to an aromatic ring is 1. The number of carbonyl (C=O) groups excluding carboxylic acids is 2. The lowest BCUT2D eigenvalue weighted by molar-refractivity contribution is -0.218. The van der Waals surface area contributed by atoms with E-state index >= 15 is 0 Å². The highest BCUT2D eigenvalue weighted by molar-refractivity contribution is 7.80. The van der Waals surface area contributed by atoms with Crippen molar-refractivity contribution in [3.8, 4) is 17.0 Å². The minimum atomic E-state index is -5.03. The monoisotopic (exact) mass is 711 g/mol. The number of carboxylic acid groups (broad SMARTS) is 1. The fourth-order valence-electron chi connectivity index (χ4n) is 4.49. The van der Waals surface area contributed by atoms with Crippen molar-refractivity contribution in [3.05, 3.63) is 47.2 Å². The molecule has 1 fully saturated rings. The molecule has 3 heterocycles. The Morgan fingerprint density at radius 2 is 1.94 bits per heavy atom. The van der Waals surface area contributed by atoms with E-state index in [0.717, 1.165) is 11.3 Å². The van der Waals surface area contributed by atoms with Crippen molar-refractivity contribution in [1.82, 2.24) is 24.5 Å². The highest BCUT2D eigenvalue weighted by atomic mass is 32.3. The number of imidazole rings is 1. The van der Waals surface area contributed by atoms with Gasteiger partial charge >= 0.3 is 16.4 Å². The Balaban J connectivity index is 1.46. The first-order chi connectivity index (χ1) is 22.4. The summed E-state index contributed by atoms with van der Waals surface area (Å²) in [5, 5.41) is 35.7. The second kappa shape index (κ2) is 14.1. The minimum absolute atomic E-state index is 0.0390. The van der Waals surface area contributed by atoms with Gasteiger partial charge in [0.25, 0.3) is 17.9 Å². The summed E-state index contributed by atoms with van der Waals surface area (Å²) in [5.41, 5.74) is 10.6. The third kappa shape index (κ3) is 7.98. The number of hydrogen-bond donors (Lipinski definition) is 7. The van der Waals surface area contributed by atoms with Crippen LogP contribution in [-0.2, 0) is 47.5 Å². The van der Waals surface area contributed by atoms with Crippen LogP contribution in [0.4, 0.5) is 5.13 Å². The van der Waals surface area contributed by atoms with Crippen LogP contribution >= 0.6 is 11.3 Å². The molecular weight excluding hydrogens is 678 g/mol. The molecule has 48 heavy (non-hydrogen) atoms. The third-order valence-corrected chi connectivity index (χ3v) is 8.12. The standard InChI is InChI=1S/C26H33N9O11S2/c1-26(2)20(22(38)35(26)46-48(41,42)43)31-21(37)19(16-12-47-24(28)30-16)32-45-18(23(39)40)11-44-15-6-4-13(5-7-15)17-10-34(9-14(36)8-27)25(29)33(17)3/h4-7,10,12,14,18,20,29,36H,8-9,11,27H2,1-3H3,(H2,28,30)(H,31,37)(H,39,40)(H,41,42,43)/b29-25?,32-19-/t14?,18?,20-/m1/s1. The van der Waals surface area contributed by atoms with Crippen LogP contribution < -0.4 is 27.1 Å². The van der Waals surface area contributed by atoms with Crippen molar-refractivity contribution in [2.24, 2.45) is 17.9 Å². The molecule has 4 rings (SSSR count). The summed E-state index contributed by atoms with van der Waals surface area (Å²) < 4.78 is 44.2. The van der Waals surface area contributed by atoms with Crippen LogP contribution in [0.5, 0.6) is 5.75 Å². The number of aliphatic hydroxyl groups is 1. The van der Waals surface area contributed by atoms with Gasteiger partial charge in [0.05, 0.1) is 23.9 Å². The van der Waals surface area contributed by atoms with Crippen LogP contribution in [0.1, 0.15) is 19.5 Å². The summed E-state index contributed by atoms with van der Waals surface area (Å²) in [6, 6.07) is 5.15. The zero-order chi connectivity index (χ0) is 35.6. The Hall–Kier alpha value is -4.87. The third-order valence-electron chi connectivity index (χ3n) is 7.11. The fourth-order valence-corrected chi connectivity index (χ4v) is 5.49. The van der Waals surface area contributed by atoms with E-state index in [1.165, 1.54) is 19.2 Å². The topological polar surface area (TPSA) is 300 Å². The molecule has 22 heteroatoms. The molecule has 1 aliphatic heterocycles. The number of aromatic nitrogens is 3. The number of carboxylic acids is 1. The highest BCUT2D eigenvalue weighted by Gasteiger charge is 2.58. The quantitative estimate of drug-likeness (QED) is 0.0405. The molecule has 9 N–H and O–H groups in total. The normalized spacial score (nSPS) is 17.4. The van der Waals surface area contributed by atoms with Crippen LogP contribution in [0.15, 0.2) is 41.0 Å². The smallest absolute Gasteiger partial charge is 0.418 e. The molecule has 2 amide bonds. The van der Waals surface area contributed by atoms with Crippen LogP contribution in [0.3, 0.4) is 0 Å². The number of hydrogen-bond acceptors (Lipinski definition) is 15. The molecule has 2 aromatic heterocycles. The largest absolute Gasteiger partial charge is 0.489 e. The van der Waals surface area contributed by atoms with Gasteiger partial charge in [-0.15, -0.1) is 15.6 Å². The zero-order valence-corrected chi connectivity index (χ0v) is 27.3. The zero-order valence-electron chi connectivity index (χ0n) is 25.6. The van der Waals surface area contributed by atoms with Crippen molar-refractivity contribution in [2.45, 2.75) is 44.2 Å². The summed E-state index contributed by atoms with van der Waals surface area (Å²) in [5.74, 6) is -3.29. The Labute approximate surface area is 276 Å². The Morgan fingerprint density at radius 3 is 2.48 bits per heavy atom. The molecule has 2 unspecified atom stereocenters. The lowest BCUT2D eigenvalue weighted by atomic mass is 9.84. The first-order valence-electron chi connectivity index (χ1n) is 13.8. The van der Waals surface area contributed by atoms with E-state index in [9.17, 15) is 33.0 Å². The molecule has 0 saturated carbocycles. The molecule has 0 aliphatic carbocycles. The van der Waals surface area contributed by atoms with Crippen LogP contribution in [0, 0.1) is 5.41 Å². The molecule has 3 atom stereocenters. The number of benzene rings is 1. The fraction of sp³-hybridized carbons (Fsp3) is 0.385. The van der Waals surface area contributed by atoms with Crippen molar-refractivity contribution in [3.63, 3.8) is 0 Å². The molecule has 20 nitrogen and oxygen atoms in total. The van der Waals surface area contributed by atoms with E-state index in [2.05, 4.69) is 19.7 Å². The second-order valence-corrected chi connectivity index (χ2v) is 12.8. The van der Waals surface area contributed by atoms with Gasteiger partial charge in [-0.25, -0.2) is 9.78 Å². The van der Waals surface area contributed by atoms with Crippen molar-refractivity contribution in [1.29, 1.82) is 5.41 Å². The van der Waals surface area contributed by atoms with Crippen LogP contribution in [-0.4, -0.2) is 103 Å². The molecule has 0 spiro atoms. The van der Waals surface area contributed by atoms with Crippen molar-refractivity contribution < 1.29 is 51.4 Å². The van der Waals surface area contributed by atoms with Gasteiger partial charge in [-0.2, -0.15) is 13.5 Å². The maximum Gasteiger partial charge on any atom is 0.418 e. The Kier molecular flexibility index (Phi) is 10.6. The summed E-state index contributed by atoms with van der Waals surface area (Å²) in [6.07, 6.45) is -0.849. The van der Waals surface area contributed by atoms with E-state index in [1.54, 1.807) is 46.6 Å². The summed E-state index contributed by atoms with van der Waals surface area (Å²) in [4.78, 5) is 46.8. The lowest BCUT2D eigenvalue weighted by Crippen LogP contribution is -2.76. The number of nitrogens with one attached hydrogen (secondary N) is 2.